The van der Waals surface area contributed by atoms with Gasteiger partial charge in [0.25, 0.3) is 0 Å². The first kappa shape index (κ1) is 31.0. The first-order valence-electron chi connectivity index (χ1n) is 12.7. The van der Waals surface area contributed by atoms with Crippen LogP contribution < -0.4 is 5.32 Å². The second kappa shape index (κ2) is 12.9. The Bertz CT molecular complexity index is 1230. The van der Waals surface area contributed by atoms with Crippen LogP contribution in [0.25, 0.3) is 11.0 Å². The number of nitrogens with zero attached hydrogens (tertiary/aromatic N) is 4. The topological polar surface area (TPSA) is 228 Å². The third-order valence-corrected chi connectivity index (χ3v) is 8.48. The van der Waals surface area contributed by atoms with Gasteiger partial charge in [0.1, 0.15) is 30.7 Å². The molecule has 4 rings (SSSR count). The number of fused-ring (bicyclic) bond motifs is 1. The monoisotopic (exact) mass is 609 g/mol. The Balaban J connectivity index is 1.49. The first-order valence-corrected chi connectivity index (χ1v) is 14.7. The second-order valence-corrected chi connectivity index (χ2v) is 11.8. The third-order valence-electron chi connectivity index (χ3n) is 6.85. The maximum Gasteiger partial charge on any atom is 0.361 e. The van der Waals surface area contributed by atoms with Gasteiger partial charge in [-0.25, -0.2) is 9.48 Å². The molecule has 5 atom stereocenters. The SMILES string of the molecule is CCOC(=O)COCC(CO)(OC[C@@H]1O[C@H](n2ncc3c(NC4CCCC4)nc(Cl)nc32)[C@@H](O)[C@H]1O)P(=O)(O)O. The van der Waals surface area contributed by atoms with Crippen LogP contribution in [0.2, 0.25) is 5.28 Å². The largest absolute Gasteiger partial charge is 0.464 e. The molecule has 0 spiro atoms. The Kier molecular flexibility index (Phi) is 9.99. The van der Waals surface area contributed by atoms with E-state index >= 15 is 0 Å². The van der Waals surface area contributed by atoms with Gasteiger partial charge in [0.15, 0.2) is 11.9 Å². The van der Waals surface area contributed by atoms with Crippen molar-refractivity contribution in [1.82, 2.24) is 19.7 Å². The molecule has 1 saturated heterocycles. The molecule has 2 fully saturated rings. The van der Waals surface area contributed by atoms with E-state index in [0.29, 0.717) is 11.2 Å². The van der Waals surface area contributed by atoms with Crippen LogP contribution in [0.1, 0.15) is 38.8 Å². The molecular formula is C22H33ClN5O11P. The lowest BCUT2D eigenvalue weighted by Gasteiger charge is -2.33. The summed E-state index contributed by atoms with van der Waals surface area (Å²) in [4.78, 5) is 39.8. The molecule has 16 nitrogen and oxygen atoms in total. The first-order chi connectivity index (χ1) is 19.0. The van der Waals surface area contributed by atoms with Gasteiger partial charge in [-0.3, -0.25) is 4.57 Å². The third kappa shape index (κ3) is 6.57. The van der Waals surface area contributed by atoms with Crippen molar-refractivity contribution in [3.63, 3.8) is 0 Å². The normalized spacial score (nSPS) is 25.4. The van der Waals surface area contributed by atoms with Crippen LogP contribution >= 0.6 is 19.2 Å². The number of halogens is 1. The fourth-order valence-corrected chi connectivity index (χ4v) is 5.51. The highest BCUT2D eigenvalue weighted by Crippen LogP contribution is 2.51. The predicted octanol–water partition coefficient (Wildman–Crippen LogP) is -0.0840. The summed E-state index contributed by atoms with van der Waals surface area (Å²) in [6, 6.07) is 0.219. The lowest BCUT2D eigenvalue weighted by molar-refractivity contribution is -0.155. The molecule has 1 unspecified atom stereocenters. The van der Waals surface area contributed by atoms with Crippen LogP contribution in [-0.2, 0) is 28.3 Å². The Hall–Kier alpha value is -1.98. The van der Waals surface area contributed by atoms with E-state index in [1.165, 1.54) is 10.9 Å². The molecule has 2 aromatic rings. The van der Waals surface area contributed by atoms with Crippen LogP contribution in [0.5, 0.6) is 0 Å². The molecule has 1 aliphatic heterocycles. The lowest BCUT2D eigenvalue weighted by atomic mass is 10.1. The van der Waals surface area contributed by atoms with Gasteiger partial charge in [0.05, 0.1) is 38.0 Å². The Morgan fingerprint density at radius 3 is 2.65 bits per heavy atom. The van der Waals surface area contributed by atoms with Crippen molar-refractivity contribution in [3.05, 3.63) is 11.5 Å². The minimum absolute atomic E-state index is 0.0696. The van der Waals surface area contributed by atoms with Crippen molar-refractivity contribution in [2.24, 2.45) is 0 Å². The summed E-state index contributed by atoms with van der Waals surface area (Å²) in [5, 5.41) is 36.7. The Labute approximate surface area is 233 Å². The van der Waals surface area contributed by atoms with E-state index in [9.17, 15) is 34.5 Å². The van der Waals surface area contributed by atoms with Crippen LogP contribution in [-0.4, -0.2) is 114 Å². The van der Waals surface area contributed by atoms with Gasteiger partial charge < -0.3 is 49.4 Å². The van der Waals surface area contributed by atoms with Crippen LogP contribution in [0, 0.1) is 0 Å². The number of esters is 1. The van der Waals surface area contributed by atoms with Gasteiger partial charge in [-0.1, -0.05) is 12.8 Å². The van der Waals surface area contributed by atoms with E-state index in [4.69, 9.17) is 30.5 Å². The highest BCUT2D eigenvalue weighted by molar-refractivity contribution is 7.53. The van der Waals surface area contributed by atoms with Crippen LogP contribution in [0.15, 0.2) is 6.20 Å². The minimum Gasteiger partial charge on any atom is -0.464 e. The van der Waals surface area contributed by atoms with Crippen molar-refractivity contribution in [2.75, 3.05) is 38.4 Å². The molecule has 40 heavy (non-hydrogen) atoms. The second-order valence-electron chi connectivity index (χ2n) is 9.60. The molecule has 1 saturated carbocycles. The highest BCUT2D eigenvalue weighted by Gasteiger charge is 2.51. The number of ether oxygens (including phenoxy) is 4. The standard InChI is InChI=1S/C22H33ClN5O11P/c1-2-37-15(30)9-36-11-22(10-29,40(33,34)35)38-8-14-16(31)17(32)20(39-14)28-19-13(7-24-28)18(26-21(23)27-19)25-12-5-3-4-6-12/h7,12,14,16-17,20,29,31-32H,2-6,8-11H2,1H3,(H,25,26,27)(H2,33,34,35)/t14-,16-,17-,20-,22?/m0/s1. The Morgan fingerprint density at radius 2 is 2.00 bits per heavy atom. The van der Waals surface area contributed by atoms with Gasteiger partial charge in [-0.05, 0) is 31.4 Å². The molecule has 1 aliphatic carbocycles. The molecular weight excluding hydrogens is 577 g/mol. The fourth-order valence-electron chi connectivity index (χ4n) is 4.65. The summed E-state index contributed by atoms with van der Waals surface area (Å²) >= 11 is 6.16. The molecule has 2 aliphatic rings. The number of carbonyl (C=O) groups excluding carboxylic acids is 1. The summed E-state index contributed by atoms with van der Waals surface area (Å²) in [6.45, 7) is -1.74. The molecule has 2 aromatic heterocycles. The number of anilines is 1. The van der Waals surface area contributed by atoms with E-state index in [1.807, 2.05) is 0 Å². The van der Waals surface area contributed by atoms with Crippen molar-refractivity contribution in [3.8, 4) is 0 Å². The number of aliphatic hydroxyl groups excluding tert-OH is 3. The average Bonchev–Trinajstić information content (AvgIpc) is 3.62. The summed E-state index contributed by atoms with van der Waals surface area (Å²) in [5.74, 6) is -0.309. The zero-order valence-electron chi connectivity index (χ0n) is 21.6. The Morgan fingerprint density at radius 1 is 1.27 bits per heavy atom. The number of rotatable bonds is 13. The lowest BCUT2D eigenvalue weighted by Crippen LogP contribution is -2.45. The van der Waals surface area contributed by atoms with Crippen LogP contribution in [0.4, 0.5) is 5.82 Å². The maximum absolute atomic E-state index is 12.2. The van der Waals surface area contributed by atoms with E-state index in [-0.39, 0.29) is 23.6 Å². The number of hydrogen-bond acceptors (Lipinski definition) is 13. The molecule has 0 amide bonds. The van der Waals surface area contributed by atoms with E-state index < -0.39 is 69.9 Å². The molecule has 0 aromatic carbocycles. The zero-order chi connectivity index (χ0) is 29.1. The average molecular weight is 610 g/mol. The van der Waals surface area contributed by atoms with E-state index in [0.717, 1.165) is 25.7 Å². The predicted molar refractivity (Wildman–Crippen MR) is 137 cm³/mol. The number of nitrogens with one attached hydrogen (secondary N) is 1. The van der Waals surface area contributed by atoms with E-state index in [1.54, 1.807) is 6.92 Å². The van der Waals surface area contributed by atoms with Gasteiger partial charge >= 0.3 is 13.6 Å². The summed E-state index contributed by atoms with van der Waals surface area (Å²) in [6.07, 6.45) is -0.0813. The smallest absolute Gasteiger partial charge is 0.361 e. The number of carbonyl (C=O) groups is 1. The highest BCUT2D eigenvalue weighted by atomic mass is 35.5. The quantitative estimate of drug-likeness (QED) is 0.0990. The molecule has 18 heteroatoms. The van der Waals surface area contributed by atoms with E-state index in [2.05, 4.69) is 20.4 Å². The molecule has 3 heterocycles. The van der Waals surface area contributed by atoms with Crippen molar-refractivity contribution < 1.29 is 53.4 Å². The molecule has 224 valence electrons. The summed E-state index contributed by atoms with van der Waals surface area (Å²) in [5.41, 5.74) is 0.227. The van der Waals surface area contributed by atoms with Gasteiger partial charge in [-0.15, -0.1) is 0 Å². The summed E-state index contributed by atoms with van der Waals surface area (Å²) < 4.78 is 34.4. The maximum atomic E-state index is 12.2. The number of aromatic nitrogens is 4. The van der Waals surface area contributed by atoms with Gasteiger partial charge in [0, 0.05) is 6.04 Å². The molecule has 6 N–H and O–H groups in total. The van der Waals surface area contributed by atoms with Crippen molar-refractivity contribution in [2.45, 2.75) is 68.5 Å². The van der Waals surface area contributed by atoms with Crippen LogP contribution in [0.3, 0.4) is 0 Å². The van der Waals surface area contributed by atoms with Gasteiger partial charge in [-0.2, -0.15) is 15.1 Å². The minimum atomic E-state index is -5.20. The molecule has 0 bridgehead atoms. The van der Waals surface area contributed by atoms with Crippen molar-refractivity contribution >= 4 is 42.0 Å². The van der Waals surface area contributed by atoms with Crippen molar-refractivity contribution in [1.29, 1.82) is 0 Å². The zero-order valence-corrected chi connectivity index (χ0v) is 23.3. The fraction of sp³-hybridized carbons (Fsp3) is 0.727. The molecule has 0 radical (unpaired) electrons. The number of aliphatic hydroxyl groups is 3. The van der Waals surface area contributed by atoms with Gasteiger partial charge in [0.2, 0.25) is 10.6 Å². The number of hydrogen-bond donors (Lipinski definition) is 6. The summed E-state index contributed by atoms with van der Waals surface area (Å²) in [7, 11) is -5.20.